The minimum Gasteiger partial charge on any atom is -0.493 e. The minimum absolute atomic E-state index is 0.231. The number of hydrogen-bond donors (Lipinski definition) is 0. The van der Waals surface area contributed by atoms with E-state index in [1.807, 2.05) is 26.8 Å². The number of nitrogens with zero attached hydrogens (tertiary/aromatic N) is 2. The van der Waals surface area contributed by atoms with Crippen molar-refractivity contribution in [2.45, 2.75) is 64.9 Å². The Labute approximate surface area is 193 Å². The van der Waals surface area contributed by atoms with Gasteiger partial charge in [-0.15, -0.1) is 0 Å². The van der Waals surface area contributed by atoms with E-state index in [2.05, 4.69) is 19.1 Å². The number of sulfonamides is 1. The third-order valence-corrected chi connectivity index (χ3v) is 7.66. The summed E-state index contributed by atoms with van der Waals surface area (Å²) in [5.74, 6) is 1.68. The van der Waals surface area contributed by atoms with Gasteiger partial charge in [0.1, 0.15) is 11.4 Å². The third-order valence-electron chi connectivity index (χ3n) is 6.36. The topological polar surface area (TPSA) is 76.2 Å². The molecule has 2 heterocycles. The Morgan fingerprint density at radius 1 is 1.06 bits per heavy atom. The number of amides is 1. The fraction of sp³-hybridized carbons (Fsp3) is 0.708. The molecule has 2 aliphatic heterocycles. The van der Waals surface area contributed by atoms with Crippen LogP contribution in [0.5, 0.6) is 5.75 Å². The van der Waals surface area contributed by atoms with E-state index in [1.165, 1.54) is 17.4 Å². The van der Waals surface area contributed by atoms with Crippen LogP contribution in [0.25, 0.3) is 0 Å². The SMILES string of the molecule is Cc1cc(OCC2CCN(C(=O)OC(C)(C)C)CC2)ccc1C1CCN(S(C)(=O)=O)CC1. The van der Waals surface area contributed by atoms with E-state index in [0.29, 0.717) is 44.6 Å². The first-order chi connectivity index (χ1) is 14.9. The summed E-state index contributed by atoms with van der Waals surface area (Å²) in [4.78, 5) is 14.0. The molecule has 0 aromatic heterocycles. The second-order valence-electron chi connectivity index (χ2n) is 10.2. The molecule has 1 aromatic rings. The Morgan fingerprint density at radius 2 is 1.69 bits per heavy atom. The number of carbonyl (C=O) groups excluding carboxylic acids is 1. The van der Waals surface area contributed by atoms with Crippen LogP contribution in [-0.4, -0.2) is 68.4 Å². The number of rotatable bonds is 5. The van der Waals surface area contributed by atoms with Gasteiger partial charge in [0.05, 0.1) is 12.9 Å². The zero-order valence-corrected chi connectivity index (χ0v) is 20.9. The molecule has 1 amide bonds. The molecule has 0 bridgehead atoms. The highest BCUT2D eigenvalue weighted by Crippen LogP contribution is 2.33. The van der Waals surface area contributed by atoms with Crippen molar-refractivity contribution in [2.75, 3.05) is 39.0 Å². The predicted octanol–water partition coefficient (Wildman–Crippen LogP) is 4.16. The van der Waals surface area contributed by atoms with Crippen molar-refractivity contribution in [1.29, 1.82) is 0 Å². The van der Waals surface area contributed by atoms with Gasteiger partial charge in [0, 0.05) is 26.2 Å². The van der Waals surface area contributed by atoms with Gasteiger partial charge in [0.15, 0.2) is 0 Å². The van der Waals surface area contributed by atoms with Crippen LogP contribution in [0.1, 0.15) is 63.5 Å². The van der Waals surface area contributed by atoms with Crippen molar-refractivity contribution in [3.63, 3.8) is 0 Å². The largest absolute Gasteiger partial charge is 0.493 e. The molecular weight excluding hydrogens is 428 g/mol. The van der Waals surface area contributed by atoms with E-state index in [4.69, 9.17) is 9.47 Å². The monoisotopic (exact) mass is 466 g/mol. The van der Waals surface area contributed by atoms with Gasteiger partial charge in [0.2, 0.25) is 10.0 Å². The number of carbonyl (C=O) groups is 1. The number of benzene rings is 1. The molecule has 0 unspecified atom stereocenters. The maximum absolute atomic E-state index is 12.2. The van der Waals surface area contributed by atoms with E-state index in [-0.39, 0.29) is 6.09 Å². The van der Waals surface area contributed by atoms with Gasteiger partial charge in [0.25, 0.3) is 0 Å². The second kappa shape index (κ2) is 10.00. The fourth-order valence-corrected chi connectivity index (χ4v) is 5.39. The predicted molar refractivity (Wildman–Crippen MR) is 126 cm³/mol. The van der Waals surface area contributed by atoms with Crippen LogP contribution in [0.2, 0.25) is 0 Å². The van der Waals surface area contributed by atoms with Crippen molar-refractivity contribution < 1.29 is 22.7 Å². The van der Waals surface area contributed by atoms with Crippen LogP contribution in [0, 0.1) is 12.8 Å². The average molecular weight is 467 g/mol. The molecule has 32 heavy (non-hydrogen) atoms. The van der Waals surface area contributed by atoms with E-state index in [1.54, 1.807) is 9.21 Å². The van der Waals surface area contributed by atoms with Crippen LogP contribution in [0.3, 0.4) is 0 Å². The zero-order chi connectivity index (χ0) is 23.5. The first-order valence-corrected chi connectivity index (χ1v) is 13.4. The van der Waals surface area contributed by atoms with E-state index >= 15 is 0 Å². The second-order valence-corrected chi connectivity index (χ2v) is 12.2. The van der Waals surface area contributed by atoms with Gasteiger partial charge in [-0.25, -0.2) is 17.5 Å². The molecule has 180 valence electrons. The van der Waals surface area contributed by atoms with Crippen molar-refractivity contribution in [1.82, 2.24) is 9.21 Å². The molecule has 7 nitrogen and oxygen atoms in total. The van der Waals surface area contributed by atoms with Gasteiger partial charge in [-0.1, -0.05) is 6.07 Å². The Kier molecular flexibility index (Phi) is 7.76. The highest BCUT2D eigenvalue weighted by Gasteiger charge is 2.28. The van der Waals surface area contributed by atoms with E-state index in [0.717, 1.165) is 31.4 Å². The summed E-state index contributed by atoms with van der Waals surface area (Å²) in [6.07, 6.45) is 4.58. The first-order valence-electron chi connectivity index (χ1n) is 11.6. The summed E-state index contributed by atoms with van der Waals surface area (Å²) < 4.78 is 36.6. The van der Waals surface area contributed by atoms with Crippen LogP contribution < -0.4 is 4.74 Å². The maximum atomic E-state index is 12.2. The fourth-order valence-electron chi connectivity index (χ4n) is 4.52. The smallest absolute Gasteiger partial charge is 0.410 e. The van der Waals surface area contributed by atoms with E-state index in [9.17, 15) is 13.2 Å². The van der Waals surface area contributed by atoms with Crippen molar-refractivity contribution in [3.05, 3.63) is 29.3 Å². The molecule has 3 rings (SSSR count). The Hall–Kier alpha value is -1.80. The Morgan fingerprint density at radius 3 is 2.22 bits per heavy atom. The Balaban J connectivity index is 1.46. The molecule has 0 radical (unpaired) electrons. The standard InChI is InChI=1S/C24H38N2O5S/c1-18-16-21(6-7-22(18)20-10-14-26(15-11-20)32(5,28)29)30-17-19-8-12-25(13-9-19)23(27)31-24(2,3)4/h6-7,16,19-20H,8-15,17H2,1-5H3. The molecule has 0 saturated carbocycles. The highest BCUT2D eigenvalue weighted by molar-refractivity contribution is 7.88. The third kappa shape index (κ3) is 6.85. The van der Waals surface area contributed by atoms with Crippen molar-refractivity contribution >= 4 is 16.1 Å². The first kappa shape index (κ1) is 24.8. The lowest BCUT2D eigenvalue weighted by Crippen LogP contribution is -2.42. The summed E-state index contributed by atoms with van der Waals surface area (Å²) in [7, 11) is -3.10. The van der Waals surface area contributed by atoms with Crippen molar-refractivity contribution in [2.24, 2.45) is 5.92 Å². The lowest BCUT2D eigenvalue weighted by atomic mass is 9.87. The molecule has 0 N–H and O–H groups in total. The summed E-state index contributed by atoms with van der Waals surface area (Å²) in [5, 5.41) is 0. The number of likely N-dealkylation sites (tertiary alicyclic amines) is 1. The zero-order valence-electron chi connectivity index (χ0n) is 20.1. The quantitative estimate of drug-likeness (QED) is 0.651. The molecule has 0 spiro atoms. The molecule has 1 aromatic carbocycles. The number of ether oxygens (including phenoxy) is 2. The molecule has 0 atom stereocenters. The van der Waals surface area contributed by atoms with Crippen molar-refractivity contribution in [3.8, 4) is 5.75 Å². The minimum atomic E-state index is -3.10. The maximum Gasteiger partial charge on any atom is 0.410 e. The van der Waals surface area contributed by atoms with Crippen LogP contribution >= 0.6 is 0 Å². The molecule has 2 fully saturated rings. The normalized spacial score (nSPS) is 19.7. The number of aryl methyl sites for hydroxylation is 1. The lowest BCUT2D eigenvalue weighted by Gasteiger charge is -2.33. The van der Waals surface area contributed by atoms with Gasteiger partial charge in [-0.3, -0.25) is 0 Å². The van der Waals surface area contributed by atoms with Gasteiger partial charge < -0.3 is 14.4 Å². The van der Waals surface area contributed by atoms with Gasteiger partial charge in [-0.05, 0) is 88.5 Å². The lowest BCUT2D eigenvalue weighted by molar-refractivity contribution is 0.0165. The highest BCUT2D eigenvalue weighted by atomic mass is 32.2. The van der Waals surface area contributed by atoms with E-state index < -0.39 is 15.6 Å². The van der Waals surface area contributed by atoms with Crippen LogP contribution in [0.15, 0.2) is 18.2 Å². The Bertz CT molecular complexity index is 893. The molecule has 2 aliphatic rings. The van der Waals surface area contributed by atoms with Gasteiger partial charge >= 0.3 is 6.09 Å². The summed E-state index contributed by atoms with van der Waals surface area (Å²) >= 11 is 0. The summed E-state index contributed by atoms with van der Waals surface area (Å²) in [6.45, 7) is 11.0. The number of piperidine rings is 2. The van der Waals surface area contributed by atoms with Crippen LogP contribution in [0.4, 0.5) is 4.79 Å². The molecule has 8 heteroatoms. The summed E-state index contributed by atoms with van der Waals surface area (Å²) in [6, 6.07) is 6.26. The molecule has 2 saturated heterocycles. The average Bonchev–Trinajstić information content (AvgIpc) is 2.71. The number of hydrogen-bond acceptors (Lipinski definition) is 5. The molecule has 0 aliphatic carbocycles. The summed E-state index contributed by atoms with van der Waals surface area (Å²) in [5.41, 5.74) is 2.02. The van der Waals surface area contributed by atoms with Gasteiger partial charge in [-0.2, -0.15) is 0 Å². The van der Waals surface area contributed by atoms with Crippen LogP contribution in [-0.2, 0) is 14.8 Å². The molecular formula is C24H38N2O5S.